The zero-order valence-electron chi connectivity index (χ0n) is 15.4. The lowest BCUT2D eigenvalue weighted by Gasteiger charge is -2.32. The Kier molecular flexibility index (Phi) is 5.99. The second-order valence-electron chi connectivity index (χ2n) is 6.82. The summed E-state index contributed by atoms with van der Waals surface area (Å²) in [6, 6.07) is 6.00. The second-order valence-corrected chi connectivity index (χ2v) is 7.30. The predicted octanol–water partition coefficient (Wildman–Crippen LogP) is 2.14. The fourth-order valence-corrected chi connectivity index (χ4v) is 3.33. The summed E-state index contributed by atoms with van der Waals surface area (Å²) in [5.74, 6) is 1.73. The van der Waals surface area contributed by atoms with E-state index in [4.69, 9.17) is 4.74 Å². The van der Waals surface area contributed by atoms with Crippen molar-refractivity contribution in [2.75, 3.05) is 46.4 Å². The first-order valence-corrected chi connectivity index (χ1v) is 9.38. The zero-order valence-corrected chi connectivity index (χ0v) is 16.3. The maximum Gasteiger partial charge on any atom is 0.337 e. The fourth-order valence-electron chi connectivity index (χ4n) is 3.03. The Labute approximate surface area is 154 Å². The maximum absolute atomic E-state index is 5.90. The average molecular weight is 365 g/mol. The molecule has 0 bridgehead atoms. The van der Waals surface area contributed by atoms with Crippen molar-refractivity contribution >= 4 is 0 Å². The maximum atomic E-state index is 5.90. The molecule has 1 aromatic heterocycles. The lowest BCUT2D eigenvalue weighted by Crippen LogP contribution is -2.44. The van der Waals surface area contributed by atoms with Crippen LogP contribution < -0.4 is 4.74 Å². The Morgan fingerprint density at radius 1 is 1.20 bits per heavy atom. The number of nitrogens with one attached hydrogen (secondary N) is 1. The summed E-state index contributed by atoms with van der Waals surface area (Å²) < 4.78 is 5.90. The average Bonchev–Trinajstić information content (AvgIpc) is 2.92. The highest BCUT2D eigenvalue weighted by Crippen LogP contribution is 2.27. The van der Waals surface area contributed by atoms with Gasteiger partial charge in [0.25, 0.3) is 0 Å². The number of hydrogen-bond acceptors (Lipinski definition) is 4. The van der Waals surface area contributed by atoms with Crippen molar-refractivity contribution < 1.29 is 16.3 Å². The summed E-state index contributed by atoms with van der Waals surface area (Å²) in [5.41, 5.74) is 3.11. The van der Waals surface area contributed by atoms with Crippen LogP contribution in [-0.2, 0) is 0 Å². The molecular formula is C19H29ClN4O+2. The molecule has 2 heterocycles. The summed E-state index contributed by atoms with van der Waals surface area (Å²) in [4.78, 5) is 12.7. The van der Waals surface area contributed by atoms with Gasteiger partial charge in [-0.1, -0.05) is 0 Å². The minimum atomic E-state index is 0.734. The van der Waals surface area contributed by atoms with Gasteiger partial charge in [0.05, 0.1) is 18.4 Å². The number of likely N-dealkylation sites (N-methyl/N-ethyl adjacent to an activating group) is 1. The lowest BCUT2D eigenvalue weighted by molar-refractivity contribution is -0.287. The largest absolute Gasteiger partial charge is 0.493 e. The van der Waals surface area contributed by atoms with Crippen molar-refractivity contribution in [3.05, 3.63) is 34.6 Å². The molecule has 136 valence electrons. The number of hydrogen-bond donors (Lipinski definition) is 1. The quantitative estimate of drug-likeness (QED) is 0.798. The Morgan fingerprint density at radius 2 is 1.96 bits per heavy atom. The molecule has 1 N–H and O–H groups in total. The fraction of sp³-hybridized carbons (Fsp3) is 0.526. The van der Waals surface area contributed by atoms with Gasteiger partial charge in [0, 0.05) is 50.0 Å². The number of benzene rings is 1. The van der Waals surface area contributed by atoms with Gasteiger partial charge in [-0.3, -0.25) is 0 Å². The number of imidazole rings is 1. The van der Waals surface area contributed by atoms with E-state index in [0.717, 1.165) is 79.3 Å². The van der Waals surface area contributed by atoms with Gasteiger partial charge < -0.3 is 19.5 Å². The smallest absolute Gasteiger partial charge is 0.337 e. The first-order chi connectivity index (χ1) is 12.0. The van der Waals surface area contributed by atoms with Gasteiger partial charge in [-0.25, -0.2) is 4.98 Å². The molecule has 25 heavy (non-hydrogen) atoms. The van der Waals surface area contributed by atoms with Crippen LogP contribution >= 0.6 is 0 Å². The number of aryl methyl sites for hydroxylation is 2. The zero-order chi connectivity index (χ0) is 17.8. The van der Waals surface area contributed by atoms with E-state index < -0.39 is 0 Å². The van der Waals surface area contributed by atoms with Gasteiger partial charge in [0.1, 0.15) is 17.1 Å². The molecule has 1 saturated heterocycles. The topological polar surface area (TPSA) is 44.4 Å². The minimum Gasteiger partial charge on any atom is -0.493 e. The number of nitrogens with zero attached hydrogens (tertiary/aromatic N) is 3. The molecule has 2 aromatic rings. The molecule has 1 aliphatic heterocycles. The summed E-state index contributed by atoms with van der Waals surface area (Å²) in [6.45, 7) is 10.5. The molecule has 6 heteroatoms. The standard InChI is InChI=1S/C19H29ClN4O/c1-14-15(2)22-19(21-14)17-6-5-16(13-18(17)20)25-12-4-7-24-10-8-23(3)9-11-24/h5-6,13H,4,7-12,20H2,1-3H3,(H,21,22)/q+2. The summed E-state index contributed by atoms with van der Waals surface area (Å²) in [7, 11) is 2.19. The summed E-state index contributed by atoms with van der Waals surface area (Å²) in [5, 5.41) is 0.880. The number of aromatic nitrogens is 2. The van der Waals surface area contributed by atoms with E-state index in [1.54, 1.807) is 0 Å². The molecule has 0 atom stereocenters. The van der Waals surface area contributed by atoms with Crippen LogP contribution in [-0.4, -0.2) is 66.1 Å². The molecule has 0 aliphatic carbocycles. The number of halogens is 1. The summed E-state index contributed by atoms with van der Waals surface area (Å²) in [6.07, 6.45) is 1.05. The van der Waals surface area contributed by atoms with Crippen LogP contribution in [0.25, 0.3) is 11.4 Å². The number of H-pyrrole nitrogens is 1. The number of aromatic amines is 1. The van der Waals surface area contributed by atoms with Gasteiger partial charge >= 0.3 is 5.02 Å². The molecule has 0 amide bonds. The SMILES string of the molecule is Cc1nc(-c2ccc(OCCCN3CCN(C)CC3)cc2[ClH2+2])[nH]c1C. The third-order valence-corrected chi connectivity index (χ3v) is 5.21. The highest BCUT2D eigenvalue weighted by atomic mass is 35.5. The van der Waals surface area contributed by atoms with Crippen molar-refractivity contribution in [3.63, 3.8) is 0 Å². The van der Waals surface area contributed by atoms with Crippen molar-refractivity contribution in [2.24, 2.45) is 0 Å². The van der Waals surface area contributed by atoms with Crippen LogP contribution in [0.3, 0.4) is 0 Å². The van der Waals surface area contributed by atoms with Crippen LogP contribution in [0, 0.1) is 25.4 Å². The van der Waals surface area contributed by atoms with Crippen molar-refractivity contribution in [2.45, 2.75) is 20.3 Å². The van der Waals surface area contributed by atoms with E-state index in [-0.39, 0.29) is 0 Å². The monoisotopic (exact) mass is 364 g/mol. The number of ether oxygens (including phenoxy) is 1. The molecule has 1 aromatic carbocycles. The number of rotatable bonds is 6. The van der Waals surface area contributed by atoms with Gasteiger partial charge in [-0.2, -0.15) is 0 Å². The van der Waals surface area contributed by atoms with Crippen LogP contribution in [0.2, 0.25) is 5.02 Å². The van der Waals surface area contributed by atoms with E-state index in [9.17, 15) is 0 Å². The first-order valence-electron chi connectivity index (χ1n) is 8.93. The second kappa shape index (κ2) is 8.21. The van der Waals surface area contributed by atoms with Gasteiger partial charge in [-0.05, 0) is 39.4 Å². The first kappa shape index (κ1) is 18.2. The van der Waals surface area contributed by atoms with Crippen molar-refractivity contribution in [1.82, 2.24) is 19.8 Å². The molecule has 0 radical (unpaired) electrons. The van der Waals surface area contributed by atoms with E-state index >= 15 is 0 Å². The third-order valence-electron chi connectivity index (χ3n) is 4.84. The van der Waals surface area contributed by atoms with E-state index in [2.05, 4.69) is 38.4 Å². The van der Waals surface area contributed by atoms with Gasteiger partial charge in [0.2, 0.25) is 0 Å². The van der Waals surface area contributed by atoms with Crippen LogP contribution in [0.15, 0.2) is 18.2 Å². The molecule has 5 nitrogen and oxygen atoms in total. The van der Waals surface area contributed by atoms with E-state index in [0.29, 0.717) is 0 Å². The third kappa shape index (κ3) is 4.75. The predicted molar refractivity (Wildman–Crippen MR) is 99.5 cm³/mol. The lowest BCUT2D eigenvalue weighted by atomic mass is 10.2. The van der Waals surface area contributed by atoms with Crippen molar-refractivity contribution in [3.8, 4) is 17.1 Å². The molecule has 1 fully saturated rings. The van der Waals surface area contributed by atoms with Crippen molar-refractivity contribution in [1.29, 1.82) is 0 Å². The van der Waals surface area contributed by atoms with Gasteiger partial charge in [-0.15, -0.1) is 0 Å². The van der Waals surface area contributed by atoms with Crippen LogP contribution in [0.5, 0.6) is 5.75 Å². The molecule has 0 unspecified atom stereocenters. The Hall–Kier alpha value is -1.56. The highest BCUT2D eigenvalue weighted by molar-refractivity contribution is 5.61. The van der Waals surface area contributed by atoms with Crippen LogP contribution in [0.1, 0.15) is 17.8 Å². The molecule has 1 aliphatic rings. The molecular weight excluding hydrogens is 336 g/mol. The highest BCUT2D eigenvalue weighted by Gasteiger charge is 2.18. The van der Waals surface area contributed by atoms with E-state index in [1.807, 2.05) is 32.0 Å². The Balaban J connectivity index is 1.49. The van der Waals surface area contributed by atoms with E-state index in [1.165, 1.54) is 0 Å². The Bertz CT molecular complexity index is 688. The number of piperazine rings is 1. The Morgan fingerprint density at radius 3 is 2.60 bits per heavy atom. The molecule has 0 spiro atoms. The van der Waals surface area contributed by atoms with Gasteiger partial charge in [0.15, 0.2) is 0 Å². The molecule has 0 saturated carbocycles. The minimum absolute atomic E-state index is 0.734. The van der Waals surface area contributed by atoms with Crippen LogP contribution in [0.4, 0.5) is 0 Å². The summed E-state index contributed by atoms with van der Waals surface area (Å²) >= 11 is 4.61. The molecule has 3 rings (SSSR count). The normalized spacial score (nSPS) is 16.3.